The summed E-state index contributed by atoms with van der Waals surface area (Å²) in [6.45, 7) is 0.0851. The predicted molar refractivity (Wildman–Crippen MR) is 120 cm³/mol. The van der Waals surface area contributed by atoms with Crippen molar-refractivity contribution in [2.45, 2.75) is 38.0 Å². The van der Waals surface area contributed by atoms with Gasteiger partial charge in [0.25, 0.3) is 5.56 Å². The van der Waals surface area contributed by atoms with E-state index in [2.05, 4.69) is 15.3 Å². The van der Waals surface area contributed by atoms with Gasteiger partial charge < -0.3 is 20.0 Å². The van der Waals surface area contributed by atoms with E-state index in [1.54, 1.807) is 24.7 Å². The number of aliphatic hydroxyl groups excluding tert-OH is 1. The first-order valence-electron chi connectivity index (χ1n) is 10.2. The second-order valence-corrected chi connectivity index (χ2v) is 8.55. The van der Waals surface area contributed by atoms with Gasteiger partial charge in [0.1, 0.15) is 0 Å². The van der Waals surface area contributed by atoms with Crippen LogP contribution in [0.5, 0.6) is 0 Å². The van der Waals surface area contributed by atoms with Gasteiger partial charge in [-0.1, -0.05) is 17.7 Å². The number of rotatable bonds is 4. The maximum Gasteiger partial charge on any atom is 0.332 e. The number of halogens is 1. The third-order valence-corrected chi connectivity index (χ3v) is 6.48. The first kappa shape index (κ1) is 19.9. The molecule has 1 aliphatic rings. The summed E-state index contributed by atoms with van der Waals surface area (Å²) in [5.74, 6) is 0.461. The number of aromatic nitrogens is 5. The van der Waals surface area contributed by atoms with Gasteiger partial charge in [-0.3, -0.25) is 13.9 Å². The molecule has 3 aromatic heterocycles. The Kier molecular flexibility index (Phi) is 4.67. The smallest absolute Gasteiger partial charge is 0.332 e. The largest absolute Gasteiger partial charge is 0.391 e. The molecule has 3 heterocycles. The molecule has 2 atom stereocenters. The van der Waals surface area contributed by atoms with Crippen LogP contribution in [0, 0.1) is 0 Å². The van der Waals surface area contributed by atoms with E-state index in [0.29, 0.717) is 27.8 Å². The summed E-state index contributed by atoms with van der Waals surface area (Å²) < 4.78 is 4.22. The Morgan fingerprint density at radius 1 is 1.26 bits per heavy atom. The number of imidazole rings is 1. The van der Waals surface area contributed by atoms with Crippen LogP contribution in [0.15, 0.2) is 33.9 Å². The van der Waals surface area contributed by atoms with Crippen molar-refractivity contribution in [1.29, 1.82) is 0 Å². The summed E-state index contributed by atoms with van der Waals surface area (Å²) in [6.07, 6.45) is 2.05. The second kappa shape index (κ2) is 7.28. The number of benzene rings is 1. The minimum absolute atomic E-state index is 0.0851. The number of hydrogen-bond acceptors (Lipinski definition) is 5. The molecule has 0 bridgehead atoms. The zero-order chi connectivity index (χ0) is 21.9. The van der Waals surface area contributed by atoms with Gasteiger partial charge in [-0.25, -0.2) is 4.79 Å². The van der Waals surface area contributed by atoms with Crippen LogP contribution in [0.2, 0.25) is 5.02 Å². The van der Waals surface area contributed by atoms with Crippen molar-refractivity contribution in [3.8, 4) is 0 Å². The number of nitrogens with zero attached hydrogens (tertiary/aromatic N) is 4. The Hall–Kier alpha value is -3.04. The summed E-state index contributed by atoms with van der Waals surface area (Å²) in [6, 6.07) is 7.26. The molecule has 5 rings (SSSR count). The molecule has 0 unspecified atom stereocenters. The van der Waals surface area contributed by atoms with Gasteiger partial charge in [-0.15, -0.1) is 0 Å². The number of nitrogens with one attached hydrogen (secondary N) is 2. The van der Waals surface area contributed by atoms with Crippen LogP contribution in [0.3, 0.4) is 0 Å². The molecule has 31 heavy (non-hydrogen) atoms. The maximum atomic E-state index is 13.3. The van der Waals surface area contributed by atoms with Crippen LogP contribution in [-0.4, -0.2) is 40.9 Å². The van der Waals surface area contributed by atoms with E-state index in [4.69, 9.17) is 11.6 Å². The molecule has 162 valence electrons. The fraction of sp³-hybridized carbons (Fsp3) is 0.381. The number of aromatic amines is 1. The van der Waals surface area contributed by atoms with Gasteiger partial charge in [-0.2, -0.15) is 4.98 Å². The lowest BCUT2D eigenvalue weighted by atomic mass is 10.2. The number of hydrogen-bond donors (Lipinski definition) is 3. The van der Waals surface area contributed by atoms with Crippen molar-refractivity contribution in [2.24, 2.45) is 14.1 Å². The highest BCUT2D eigenvalue weighted by molar-refractivity contribution is 6.35. The molecule has 1 saturated carbocycles. The van der Waals surface area contributed by atoms with Gasteiger partial charge >= 0.3 is 5.69 Å². The molecule has 1 fully saturated rings. The van der Waals surface area contributed by atoms with Crippen LogP contribution >= 0.6 is 11.6 Å². The van der Waals surface area contributed by atoms with Crippen molar-refractivity contribution in [2.75, 3.05) is 5.32 Å². The van der Waals surface area contributed by atoms with Crippen LogP contribution in [-0.2, 0) is 20.6 Å². The van der Waals surface area contributed by atoms with E-state index in [1.807, 2.05) is 18.2 Å². The molecule has 0 radical (unpaired) electrons. The van der Waals surface area contributed by atoms with Crippen LogP contribution in [0.4, 0.5) is 5.95 Å². The normalized spacial score (nSPS) is 19.0. The summed E-state index contributed by atoms with van der Waals surface area (Å²) >= 11 is 6.25. The number of H-pyrrole nitrogens is 1. The minimum atomic E-state index is -0.451. The van der Waals surface area contributed by atoms with Crippen molar-refractivity contribution in [3.05, 3.63) is 55.8 Å². The number of fused-ring (bicyclic) bond motifs is 2. The minimum Gasteiger partial charge on any atom is -0.391 e. The highest BCUT2D eigenvalue weighted by Gasteiger charge is 2.27. The average molecular weight is 443 g/mol. The number of aryl methyl sites for hydroxylation is 2. The molecule has 0 aliphatic heterocycles. The van der Waals surface area contributed by atoms with Crippen LogP contribution in [0.25, 0.3) is 22.1 Å². The molecule has 0 spiro atoms. The zero-order valence-electron chi connectivity index (χ0n) is 17.2. The summed E-state index contributed by atoms with van der Waals surface area (Å²) in [7, 11) is 3.34. The predicted octanol–water partition coefficient (Wildman–Crippen LogP) is 1.94. The Morgan fingerprint density at radius 3 is 2.77 bits per heavy atom. The standard InChI is InChI=1S/C21H23ClN6O3/c1-26-17-18(25-20(26)24-15-7-4-8-16(15)29)27(2)21(31)28(19(17)30)10-11-9-12-13(22)5-3-6-14(12)23-11/h3,5-6,9,15-16,23,29H,4,7-8,10H2,1-2H3,(H,24,25)/t15-,16-/m1/s1. The molecular weight excluding hydrogens is 420 g/mol. The lowest BCUT2D eigenvalue weighted by molar-refractivity contribution is 0.171. The number of anilines is 1. The van der Waals surface area contributed by atoms with E-state index in [9.17, 15) is 14.7 Å². The Bertz CT molecular complexity index is 1430. The van der Waals surface area contributed by atoms with Crippen LogP contribution in [0.1, 0.15) is 25.0 Å². The Labute approximate surface area is 181 Å². The lowest BCUT2D eigenvalue weighted by Crippen LogP contribution is -2.39. The van der Waals surface area contributed by atoms with Crippen molar-refractivity contribution < 1.29 is 5.11 Å². The molecule has 10 heteroatoms. The van der Waals surface area contributed by atoms with E-state index < -0.39 is 17.4 Å². The van der Waals surface area contributed by atoms with E-state index in [1.165, 1.54) is 9.13 Å². The van der Waals surface area contributed by atoms with E-state index in [0.717, 1.165) is 30.2 Å². The first-order valence-corrected chi connectivity index (χ1v) is 10.6. The molecule has 3 N–H and O–H groups in total. The Balaban J connectivity index is 1.60. The monoisotopic (exact) mass is 442 g/mol. The fourth-order valence-corrected chi connectivity index (χ4v) is 4.65. The zero-order valence-corrected chi connectivity index (χ0v) is 18.0. The Morgan fingerprint density at radius 2 is 2.06 bits per heavy atom. The quantitative estimate of drug-likeness (QED) is 0.447. The highest BCUT2D eigenvalue weighted by atomic mass is 35.5. The highest BCUT2D eigenvalue weighted by Crippen LogP contribution is 2.25. The third-order valence-electron chi connectivity index (χ3n) is 6.15. The molecule has 1 aliphatic carbocycles. The van der Waals surface area contributed by atoms with Gasteiger partial charge in [0.15, 0.2) is 11.2 Å². The van der Waals surface area contributed by atoms with Gasteiger partial charge in [-0.05, 0) is 37.5 Å². The first-order chi connectivity index (χ1) is 14.8. The molecule has 4 aromatic rings. The van der Waals surface area contributed by atoms with Crippen molar-refractivity contribution in [3.63, 3.8) is 0 Å². The fourth-order valence-electron chi connectivity index (χ4n) is 4.42. The topological polar surface area (TPSA) is 110 Å². The summed E-state index contributed by atoms with van der Waals surface area (Å²) in [5, 5.41) is 14.8. The summed E-state index contributed by atoms with van der Waals surface area (Å²) in [5.41, 5.74) is 1.31. The molecule has 1 aromatic carbocycles. The van der Waals surface area contributed by atoms with Crippen molar-refractivity contribution in [1.82, 2.24) is 23.7 Å². The summed E-state index contributed by atoms with van der Waals surface area (Å²) in [4.78, 5) is 34.0. The molecule has 0 amide bonds. The van der Waals surface area contributed by atoms with Gasteiger partial charge in [0, 0.05) is 35.7 Å². The van der Waals surface area contributed by atoms with Crippen LogP contribution < -0.4 is 16.6 Å². The number of aliphatic hydroxyl groups is 1. The van der Waals surface area contributed by atoms with Crippen molar-refractivity contribution >= 4 is 39.6 Å². The van der Waals surface area contributed by atoms with Gasteiger partial charge in [0.2, 0.25) is 5.95 Å². The molecular formula is C21H23ClN6O3. The third kappa shape index (κ3) is 3.16. The van der Waals surface area contributed by atoms with Gasteiger partial charge in [0.05, 0.1) is 18.7 Å². The SMILES string of the molecule is Cn1c(N[C@@H]2CCC[C@H]2O)nc2c1c(=O)n(Cc1cc3c(Cl)cccc3[nH]1)c(=O)n2C. The van der Waals surface area contributed by atoms with E-state index >= 15 is 0 Å². The lowest BCUT2D eigenvalue weighted by Gasteiger charge is -2.16. The second-order valence-electron chi connectivity index (χ2n) is 8.14. The van der Waals surface area contributed by atoms with E-state index in [-0.39, 0.29) is 12.6 Å². The average Bonchev–Trinajstić information content (AvgIpc) is 3.43. The maximum absolute atomic E-state index is 13.3. The molecule has 9 nitrogen and oxygen atoms in total. The molecule has 0 saturated heterocycles.